The van der Waals surface area contributed by atoms with Gasteiger partial charge in [-0.15, -0.1) is 0 Å². The largest absolute Gasteiger partial charge is 0.494 e. The zero-order chi connectivity index (χ0) is 23.6. The van der Waals surface area contributed by atoms with Gasteiger partial charge in [-0.2, -0.15) is 5.10 Å². The van der Waals surface area contributed by atoms with Crippen molar-refractivity contribution in [2.75, 3.05) is 18.6 Å². The van der Waals surface area contributed by atoms with Gasteiger partial charge in [0.15, 0.2) is 5.69 Å². The molecule has 1 saturated carbocycles. The Morgan fingerprint density at radius 1 is 1.18 bits per heavy atom. The minimum Gasteiger partial charge on any atom is -0.494 e. The standard InChI is InChI=1S/C24H30N4O5/c1-4-33-18-12-10-17(11-13-18)28-21(29)20-14-19(22(30)32-3)26-27(20)15-24(28,2)23(31)25-16-8-6-5-7-9-16/h10-14,16H,4-9,15H2,1-3H3,(H,25,31). The highest BCUT2D eigenvalue weighted by molar-refractivity contribution is 6.12. The molecule has 2 aromatic rings. The Bertz CT molecular complexity index is 1040. The van der Waals surface area contributed by atoms with Gasteiger partial charge >= 0.3 is 5.97 Å². The Kier molecular flexibility index (Phi) is 6.40. The molecule has 1 fully saturated rings. The van der Waals surface area contributed by atoms with Gasteiger partial charge in [-0.25, -0.2) is 4.79 Å². The molecule has 2 aliphatic rings. The van der Waals surface area contributed by atoms with Gasteiger partial charge in [0, 0.05) is 17.8 Å². The summed E-state index contributed by atoms with van der Waals surface area (Å²) in [4.78, 5) is 40.8. The van der Waals surface area contributed by atoms with Gasteiger partial charge in [-0.3, -0.25) is 19.2 Å². The minimum atomic E-state index is -1.24. The van der Waals surface area contributed by atoms with Crippen LogP contribution in [0, 0.1) is 0 Å². The molecule has 1 aromatic heterocycles. The maximum Gasteiger partial charge on any atom is 0.358 e. The molecular formula is C24H30N4O5. The summed E-state index contributed by atoms with van der Waals surface area (Å²) in [7, 11) is 1.26. The average molecular weight is 455 g/mol. The van der Waals surface area contributed by atoms with Gasteiger partial charge in [-0.1, -0.05) is 19.3 Å². The molecule has 2 amide bonds. The smallest absolute Gasteiger partial charge is 0.358 e. The number of nitrogens with one attached hydrogen (secondary N) is 1. The van der Waals surface area contributed by atoms with Gasteiger partial charge in [0.1, 0.15) is 17.0 Å². The summed E-state index contributed by atoms with van der Waals surface area (Å²) < 4.78 is 11.7. The molecule has 0 bridgehead atoms. The molecule has 33 heavy (non-hydrogen) atoms. The number of hydrogen-bond acceptors (Lipinski definition) is 6. The van der Waals surface area contributed by atoms with Crippen molar-refractivity contribution < 1.29 is 23.9 Å². The first-order chi connectivity index (χ1) is 15.9. The van der Waals surface area contributed by atoms with Crippen molar-refractivity contribution in [3.05, 3.63) is 41.7 Å². The summed E-state index contributed by atoms with van der Waals surface area (Å²) in [6.45, 7) is 4.27. The Balaban J connectivity index is 1.73. The van der Waals surface area contributed by atoms with E-state index in [4.69, 9.17) is 9.47 Å². The molecule has 176 valence electrons. The zero-order valence-corrected chi connectivity index (χ0v) is 19.3. The van der Waals surface area contributed by atoms with Crippen LogP contribution in [0.1, 0.15) is 66.9 Å². The summed E-state index contributed by atoms with van der Waals surface area (Å²) in [6, 6.07) is 8.58. The second-order valence-corrected chi connectivity index (χ2v) is 8.71. The summed E-state index contributed by atoms with van der Waals surface area (Å²) in [6.07, 6.45) is 5.19. The van der Waals surface area contributed by atoms with Gasteiger partial charge in [0.2, 0.25) is 5.91 Å². The number of anilines is 1. The second kappa shape index (κ2) is 9.25. The fourth-order valence-electron chi connectivity index (χ4n) is 4.64. The predicted molar refractivity (Wildman–Crippen MR) is 121 cm³/mol. The molecule has 4 rings (SSSR count). The number of benzene rings is 1. The molecule has 9 heteroatoms. The van der Waals surface area contributed by atoms with E-state index in [1.54, 1.807) is 31.2 Å². The van der Waals surface area contributed by atoms with E-state index in [1.807, 2.05) is 6.92 Å². The third-order valence-electron chi connectivity index (χ3n) is 6.38. The quantitative estimate of drug-likeness (QED) is 0.674. The first kappa shape index (κ1) is 22.8. The van der Waals surface area contributed by atoms with Crippen LogP contribution in [0.3, 0.4) is 0 Å². The number of fused-ring (bicyclic) bond motifs is 1. The Hall–Kier alpha value is -3.36. The molecule has 1 aliphatic carbocycles. The van der Waals surface area contributed by atoms with Crippen molar-refractivity contribution in [3.8, 4) is 5.75 Å². The van der Waals surface area contributed by atoms with E-state index in [2.05, 4.69) is 10.4 Å². The lowest BCUT2D eigenvalue weighted by molar-refractivity contribution is -0.127. The summed E-state index contributed by atoms with van der Waals surface area (Å²) in [5.41, 5.74) is -0.415. The van der Waals surface area contributed by atoms with Gasteiger partial charge in [0.25, 0.3) is 5.91 Å². The number of nitrogens with zero attached hydrogens (tertiary/aromatic N) is 3. The number of methoxy groups -OCH3 is 1. The maximum absolute atomic E-state index is 13.7. The summed E-state index contributed by atoms with van der Waals surface area (Å²) >= 11 is 0. The fourth-order valence-corrected chi connectivity index (χ4v) is 4.64. The topological polar surface area (TPSA) is 103 Å². The molecule has 1 aromatic carbocycles. The van der Waals surface area contributed by atoms with E-state index in [0.717, 1.165) is 25.7 Å². The number of rotatable bonds is 6. The number of esters is 1. The number of carbonyl (C=O) groups is 3. The highest BCUT2D eigenvalue weighted by Gasteiger charge is 2.49. The second-order valence-electron chi connectivity index (χ2n) is 8.71. The third kappa shape index (κ3) is 4.31. The van der Waals surface area contributed by atoms with Crippen LogP contribution in [-0.2, 0) is 16.1 Å². The van der Waals surface area contributed by atoms with Crippen molar-refractivity contribution in [3.63, 3.8) is 0 Å². The molecule has 9 nitrogen and oxygen atoms in total. The number of amides is 2. The third-order valence-corrected chi connectivity index (χ3v) is 6.38. The molecule has 2 heterocycles. The Morgan fingerprint density at radius 2 is 1.88 bits per heavy atom. The van der Waals surface area contributed by atoms with Crippen molar-refractivity contribution in [2.45, 2.75) is 64.1 Å². The highest BCUT2D eigenvalue weighted by atomic mass is 16.5. The van der Waals surface area contributed by atoms with Crippen LogP contribution in [0.4, 0.5) is 5.69 Å². The Labute approximate surface area is 193 Å². The monoisotopic (exact) mass is 454 g/mol. The molecule has 0 spiro atoms. The van der Waals surface area contributed by atoms with Crippen LogP contribution in [0.25, 0.3) is 0 Å². The lowest BCUT2D eigenvalue weighted by atomic mass is 9.91. The predicted octanol–water partition coefficient (Wildman–Crippen LogP) is 2.94. The van der Waals surface area contributed by atoms with Crippen molar-refractivity contribution >= 4 is 23.5 Å². The molecule has 1 unspecified atom stereocenters. The lowest BCUT2D eigenvalue weighted by Gasteiger charge is -2.44. The van der Waals surface area contributed by atoms with Crippen LogP contribution < -0.4 is 15.0 Å². The van der Waals surface area contributed by atoms with Crippen LogP contribution in [0.5, 0.6) is 5.75 Å². The molecular weight excluding hydrogens is 424 g/mol. The summed E-state index contributed by atoms with van der Waals surface area (Å²) in [5.74, 6) is -0.602. The number of carbonyl (C=O) groups excluding carboxylic acids is 3. The maximum atomic E-state index is 13.7. The van der Waals surface area contributed by atoms with Crippen LogP contribution in [-0.4, -0.2) is 52.9 Å². The van der Waals surface area contributed by atoms with Gasteiger partial charge < -0.3 is 14.8 Å². The zero-order valence-electron chi connectivity index (χ0n) is 19.3. The SMILES string of the molecule is CCOc1ccc(N2C(=O)c3cc(C(=O)OC)nn3CC2(C)C(=O)NC2CCCCC2)cc1. The van der Waals surface area contributed by atoms with Crippen molar-refractivity contribution in [1.82, 2.24) is 15.1 Å². The number of ether oxygens (including phenoxy) is 2. The average Bonchev–Trinajstić information content (AvgIpc) is 3.24. The van der Waals surface area contributed by atoms with E-state index in [-0.39, 0.29) is 29.9 Å². The molecule has 0 radical (unpaired) electrons. The number of hydrogen-bond donors (Lipinski definition) is 1. The number of aromatic nitrogens is 2. The molecule has 1 N–H and O–H groups in total. The summed E-state index contributed by atoms with van der Waals surface area (Å²) in [5, 5.41) is 7.42. The van der Waals surface area contributed by atoms with Gasteiger partial charge in [-0.05, 0) is 51.0 Å². The van der Waals surface area contributed by atoms with Crippen LogP contribution in [0.15, 0.2) is 30.3 Å². The van der Waals surface area contributed by atoms with Crippen molar-refractivity contribution in [1.29, 1.82) is 0 Å². The highest BCUT2D eigenvalue weighted by Crippen LogP contribution is 2.34. The fraction of sp³-hybridized carbons (Fsp3) is 0.500. The normalized spacial score (nSPS) is 20.8. The van der Waals surface area contributed by atoms with E-state index in [9.17, 15) is 14.4 Å². The molecule has 1 aliphatic heterocycles. The first-order valence-corrected chi connectivity index (χ1v) is 11.4. The van der Waals surface area contributed by atoms with E-state index in [0.29, 0.717) is 18.0 Å². The molecule has 0 saturated heterocycles. The van der Waals surface area contributed by atoms with Gasteiger partial charge in [0.05, 0.1) is 20.3 Å². The van der Waals surface area contributed by atoms with Crippen LogP contribution >= 0.6 is 0 Å². The van der Waals surface area contributed by atoms with Crippen molar-refractivity contribution in [2.24, 2.45) is 0 Å². The van der Waals surface area contributed by atoms with E-state index in [1.165, 1.54) is 29.2 Å². The molecule has 1 atom stereocenters. The lowest BCUT2D eigenvalue weighted by Crippen LogP contribution is -2.65. The minimum absolute atomic E-state index is 0.0319. The van der Waals surface area contributed by atoms with E-state index >= 15 is 0 Å². The van der Waals surface area contributed by atoms with E-state index < -0.39 is 17.4 Å². The Morgan fingerprint density at radius 3 is 2.52 bits per heavy atom. The van der Waals surface area contributed by atoms with Crippen LogP contribution in [0.2, 0.25) is 0 Å². The first-order valence-electron chi connectivity index (χ1n) is 11.4.